The van der Waals surface area contributed by atoms with Gasteiger partial charge in [-0.15, -0.1) is 0 Å². The largest absolute Gasteiger partial charge is 0.373 e. The summed E-state index contributed by atoms with van der Waals surface area (Å²) in [4.78, 5) is 14.5. The van der Waals surface area contributed by atoms with E-state index in [1.807, 2.05) is 61.2 Å². The number of hydrogen-bond acceptors (Lipinski definition) is 2. The second-order valence-corrected chi connectivity index (χ2v) is 11.9. The Bertz CT molecular complexity index is 555. The maximum absolute atomic E-state index is 12.7. The predicted octanol–water partition coefficient (Wildman–Crippen LogP) is 4.43. The molecule has 3 nitrogen and oxygen atoms in total. The van der Waals surface area contributed by atoms with Crippen molar-refractivity contribution >= 4 is 14.0 Å². The first-order valence-corrected chi connectivity index (χ1v) is 12.3. The van der Waals surface area contributed by atoms with E-state index < -0.39 is 8.07 Å². The summed E-state index contributed by atoms with van der Waals surface area (Å²) in [5.41, 5.74) is 4.12. The molecule has 0 saturated carbocycles. The van der Waals surface area contributed by atoms with Gasteiger partial charge < -0.3 is 9.64 Å². The first kappa shape index (κ1) is 20.4. The maximum Gasteiger partial charge on any atom is 0.253 e. The molecular formula is C20H31NO2Si. The van der Waals surface area contributed by atoms with Crippen LogP contribution in [0.1, 0.15) is 19.4 Å². The lowest BCUT2D eigenvalue weighted by Crippen LogP contribution is -2.32. The molecule has 1 amide bonds. The molecule has 1 rings (SSSR count). The molecule has 0 atom stereocenters. The smallest absolute Gasteiger partial charge is 0.253 e. The average molecular weight is 346 g/mol. The third kappa shape index (κ3) is 7.75. The van der Waals surface area contributed by atoms with Gasteiger partial charge in [-0.2, -0.15) is 0 Å². The van der Waals surface area contributed by atoms with Crippen LogP contribution in [-0.2, 0) is 16.1 Å². The molecule has 0 aliphatic heterocycles. The number of rotatable bonds is 9. The molecule has 0 heterocycles. The van der Waals surface area contributed by atoms with E-state index >= 15 is 0 Å². The Hall–Kier alpha value is -1.65. The van der Waals surface area contributed by atoms with Crippen molar-refractivity contribution in [1.29, 1.82) is 0 Å². The monoisotopic (exact) mass is 345 g/mol. The number of benzene rings is 1. The Balaban J connectivity index is 2.67. The van der Waals surface area contributed by atoms with Crippen molar-refractivity contribution in [3.8, 4) is 0 Å². The molecule has 0 fully saturated rings. The van der Waals surface area contributed by atoms with E-state index in [-0.39, 0.29) is 5.91 Å². The third-order valence-electron chi connectivity index (χ3n) is 3.51. The highest BCUT2D eigenvalue weighted by atomic mass is 28.3. The molecule has 1 aromatic rings. The summed E-state index contributed by atoms with van der Waals surface area (Å²) in [6.07, 6.45) is 3.86. The van der Waals surface area contributed by atoms with Crippen LogP contribution in [0.5, 0.6) is 0 Å². The Morgan fingerprint density at radius 2 is 1.75 bits per heavy atom. The third-order valence-corrected chi connectivity index (χ3v) is 4.69. The van der Waals surface area contributed by atoms with Crippen molar-refractivity contribution in [3.05, 3.63) is 59.3 Å². The van der Waals surface area contributed by atoms with Gasteiger partial charge in [0.2, 0.25) is 0 Å². The number of amides is 1. The normalized spacial score (nSPS) is 12.6. The summed E-state index contributed by atoms with van der Waals surface area (Å²) in [5, 5.41) is 0. The minimum Gasteiger partial charge on any atom is -0.373 e. The van der Waals surface area contributed by atoms with Crippen LogP contribution in [0.4, 0.5) is 0 Å². The molecule has 0 bridgehead atoms. The summed E-state index contributed by atoms with van der Waals surface area (Å²) >= 11 is 0. The van der Waals surface area contributed by atoms with Gasteiger partial charge in [0.1, 0.15) is 0 Å². The molecule has 0 aromatic heterocycles. The van der Waals surface area contributed by atoms with Gasteiger partial charge in [0.05, 0.1) is 21.3 Å². The van der Waals surface area contributed by atoms with Crippen LogP contribution < -0.4 is 0 Å². The molecule has 4 heteroatoms. The van der Waals surface area contributed by atoms with Crippen LogP contribution in [-0.4, -0.2) is 38.6 Å². The van der Waals surface area contributed by atoms with Crippen LogP contribution in [0.15, 0.2) is 53.8 Å². The highest BCUT2D eigenvalue weighted by Crippen LogP contribution is 2.12. The van der Waals surface area contributed by atoms with Gasteiger partial charge in [-0.25, -0.2) is 0 Å². The van der Waals surface area contributed by atoms with E-state index in [0.717, 1.165) is 24.2 Å². The van der Waals surface area contributed by atoms with E-state index in [2.05, 4.69) is 25.3 Å². The minimum absolute atomic E-state index is 0.113. The van der Waals surface area contributed by atoms with E-state index in [1.165, 1.54) is 0 Å². The van der Waals surface area contributed by atoms with Crippen molar-refractivity contribution < 1.29 is 9.53 Å². The zero-order valence-corrected chi connectivity index (χ0v) is 16.7. The van der Waals surface area contributed by atoms with Crippen LogP contribution in [0.2, 0.25) is 19.6 Å². The average Bonchev–Trinajstić information content (AvgIpc) is 2.54. The SMILES string of the molecule is CCN(CC)C(=O)C(=C\[Si](C)(C)C)/C=C/COCc1ccccc1. The number of carbonyl (C=O) groups excluding carboxylic acids is 1. The zero-order chi connectivity index (χ0) is 18.0. The first-order chi connectivity index (χ1) is 11.4. The molecule has 0 aliphatic carbocycles. The van der Waals surface area contributed by atoms with Crippen molar-refractivity contribution in [3.63, 3.8) is 0 Å². The Morgan fingerprint density at radius 3 is 2.29 bits per heavy atom. The van der Waals surface area contributed by atoms with E-state index in [0.29, 0.717) is 13.2 Å². The maximum atomic E-state index is 12.7. The van der Waals surface area contributed by atoms with Gasteiger partial charge in [0.25, 0.3) is 5.91 Å². The second-order valence-electron chi connectivity index (χ2n) is 6.85. The van der Waals surface area contributed by atoms with Gasteiger partial charge in [-0.1, -0.05) is 67.8 Å². The van der Waals surface area contributed by atoms with E-state index in [1.54, 1.807) is 0 Å². The van der Waals surface area contributed by atoms with Crippen LogP contribution in [0, 0.1) is 0 Å². The summed E-state index contributed by atoms with van der Waals surface area (Å²) in [7, 11) is -1.48. The lowest BCUT2D eigenvalue weighted by Gasteiger charge is -2.21. The summed E-state index contributed by atoms with van der Waals surface area (Å²) < 4.78 is 5.67. The molecule has 0 unspecified atom stereocenters. The van der Waals surface area contributed by atoms with Crippen LogP contribution in [0.25, 0.3) is 0 Å². The van der Waals surface area contributed by atoms with Gasteiger partial charge in [0, 0.05) is 18.7 Å². The van der Waals surface area contributed by atoms with Crippen molar-refractivity contribution in [2.24, 2.45) is 0 Å². The predicted molar refractivity (Wildman–Crippen MR) is 105 cm³/mol. The Morgan fingerprint density at radius 1 is 1.12 bits per heavy atom. The summed E-state index contributed by atoms with van der Waals surface area (Å²) in [6.45, 7) is 13.3. The Labute approximate surface area is 148 Å². The standard InChI is InChI=1S/C20H31NO2Si/c1-6-21(7-2)20(22)19(17-24(3,4)5)14-11-15-23-16-18-12-9-8-10-13-18/h8-14,17H,6-7,15-16H2,1-5H3/b14-11+,19-17-. The number of ether oxygens (including phenoxy) is 1. The fraction of sp³-hybridized carbons (Fsp3) is 0.450. The minimum atomic E-state index is -1.48. The second kappa shape index (κ2) is 10.3. The lowest BCUT2D eigenvalue weighted by atomic mass is 10.2. The van der Waals surface area contributed by atoms with Crippen LogP contribution >= 0.6 is 0 Å². The quantitative estimate of drug-likeness (QED) is 0.287. The highest BCUT2D eigenvalue weighted by molar-refractivity contribution is 6.81. The first-order valence-electron chi connectivity index (χ1n) is 8.67. The van der Waals surface area contributed by atoms with E-state index in [9.17, 15) is 4.79 Å². The molecule has 1 aromatic carbocycles. The number of nitrogens with zero attached hydrogens (tertiary/aromatic N) is 1. The lowest BCUT2D eigenvalue weighted by molar-refractivity contribution is -0.126. The number of hydrogen-bond donors (Lipinski definition) is 0. The van der Waals surface area contributed by atoms with Gasteiger partial charge in [-0.3, -0.25) is 4.79 Å². The van der Waals surface area contributed by atoms with Crippen LogP contribution in [0.3, 0.4) is 0 Å². The van der Waals surface area contributed by atoms with Crippen molar-refractivity contribution in [2.45, 2.75) is 40.1 Å². The summed E-state index contributed by atoms with van der Waals surface area (Å²) in [5.74, 6) is 0.113. The van der Waals surface area contributed by atoms with E-state index in [4.69, 9.17) is 4.74 Å². The Kier molecular flexibility index (Phi) is 8.72. The molecule has 0 radical (unpaired) electrons. The number of likely N-dealkylation sites (N-methyl/N-ethyl adjacent to an activating group) is 1. The molecular weight excluding hydrogens is 314 g/mol. The molecule has 0 saturated heterocycles. The fourth-order valence-corrected chi connectivity index (χ4v) is 3.49. The van der Waals surface area contributed by atoms with Crippen molar-refractivity contribution in [2.75, 3.05) is 19.7 Å². The van der Waals surface area contributed by atoms with Gasteiger partial charge in [-0.05, 0) is 19.4 Å². The topological polar surface area (TPSA) is 29.5 Å². The zero-order valence-electron chi connectivity index (χ0n) is 15.7. The molecule has 0 N–H and O–H groups in total. The number of carbonyl (C=O) groups is 1. The highest BCUT2D eigenvalue weighted by Gasteiger charge is 2.17. The molecule has 132 valence electrons. The fourth-order valence-electron chi connectivity index (χ4n) is 2.34. The summed E-state index contributed by atoms with van der Waals surface area (Å²) in [6, 6.07) is 10.1. The van der Waals surface area contributed by atoms with Gasteiger partial charge >= 0.3 is 0 Å². The molecule has 0 aliphatic rings. The molecule has 0 spiro atoms. The van der Waals surface area contributed by atoms with Crippen molar-refractivity contribution in [1.82, 2.24) is 4.90 Å². The molecule has 24 heavy (non-hydrogen) atoms. The van der Waals surface area contributed by atoms with Gasteiger partial charge in [0.15, 0.2) is 0 Å².